The van der Waals surface area contributed by atoms with Gasteiger partial charge in [-0.3, -0.25) is 9.59 Å². The van der Waals surface area contributed by atoms with Crippen LogP contribution in [0.25, 0.3) is 10.1 Å². The summed E-state index contributed by atoms with van der Waals surface area (Å²) in [6.45, 7) is 2.62. The predicted octanol–water partition coefficient (Wildman–Crippen LogP) is 1.86. The van der Waals surface area contributed by atoms with E-state index in [1.165, 1.54) is 0 Å². The minimum Gasteiger partial charge on any atom is -0.350 e. The molecule has 0 saturated carbocycles. The van der Waals surface area contributed by atoms with Crippen LogP contribution in [0.1, 0.15) is 17.3 Å². The van der Waals surface area contributed by atoms with E-state index in [1.807, 2.05) is 36.6 Å². The van der Waals surface area contributed by atoms with Gasteiger partial charge in [-0.05, 0) is 13.0 Å². The van der Waals surface area contributed by atoms with Gasteiger partial charge in [0.2, 0.25) is 5.91 Å². The molecule has 1 aliphatic heterocycles. The third kappa shape index (κ3) is 2.21. The molecule has 1 saturated heterocycles. The summed E-state index contributed by atoms with van der Waals surface area (Å²) in [6.07, 6.45) is 0. The summed E-state index contributed by atoms with van der Waals surface area (Å²) >= 11 is 1.56. The smallest absolute Gasteiger partial charge is 0.255 e. The second kappa shape index (κ2) is 4.66. The summed E-state index contributed by atoms with van der Waals surface area (Å²) in [4.78, 5) is 25.7. The molecule has 3 rings (SSSR count). The highest BCUT2D eigenvalue weighted by Gasteiger charge is 2.27. The fourth-order valence-electron chi connectivity index (χ4n) is 2.40. The van der Waals surface area contributed by atoms with Gasteiger partial charge in [0, 0.05) is 28.1 Å². The van der Waals surface area contributed by atoms with E-state index in [0.29, 0.717) is 12.1 Å². The lowest BCUT2D eigenvalue weighted by Gasteiger charge is -2.31. The third-order valence-electron chi connectivity index (χ3n) is 3.23. The molecule has 1 aromatic carbocycles. The molecule has 0 aliphatic carbocycles. The minimum atomic E-state index is -0.0911. The van der Waals surface area contributed by atoms with E-state index >= 15 is 0 Å². The normalized spacial score (nSPS) is 19.5. The topological polar surface area (TPSA) is 49.4 Å². The summed E-state index contributed by atoms with van der Waals surface area (Å²) in [5, 5.41) is 5.66. The number of nitrogens with zero attached hydrogens (tertiary/aromatic N) is 1. The second-order valence-corrected chi connectivity index (χ2v) is 5.71. The first kappa shape index (κ1) is 12.2. The van der Waals surface area contributed by atoms with Crippen molar-refractivity contribution in [2.45, 2.75) is 13.0 Å². The van der Waals surface area contributed by atoms with E-state index < -0.39 is 0 Å². The number of piperazine rings is 1. The van der Waals surface area contributed by atoms with E-state index in [9.17, 15) is 9.59 Å². The van der Waals surface area contributed by atoms with Crippen molar-refractivity contribution in [2.24, 2.45) is 0 Å². The van der Waals surface area contributed by atoms with E-state index in [-0.39, 0.29) is 24.4 Å². The molecular weight excluding hydrogens is 260 g/mol. The molecule has 1 aromatic heterocycles. The average molecular weight is 274 g/mol. The Hall–Kier alpha value is -1.88. The molecule has 1 aliphatic rings. The Kier molecular flexibility index (Phi) is 2.98. The first-order valence-electron chi connectivity index (χ1n) is 6.20. The molecule has 0 radical (unpaired) electrons. The van der Waals surface area contributed by atoms with E-state index in [0.717, 1.165) is 10.1 Å². The predicted molar refractivity (Wildman–Crippen MR) is 75.3 cm³/mol. The fourth-order valence-corrected chi connectivity index (χ4v) is 3.34. The van der Waals surface area contributed by atoms with Crippen molar-refractivity contribution in [3.05, 3.63) is 35.2 Å². The Balaban J connectivity index is 1.93. The summed E-state index contributed by atoms with van der Waals surface area (Å²) in [5.41, 5.74) is 0.697. The van der Waals surface area contributed by atoms with Gasteiger partial charge in [0.15, 0.2) is 0 Å². The van der Waals surface area contributed by atoms with Gasteiger partial charge < -0.3 is 10.2 Å². The molecule has 2 heterocycles. The van der Waals surface area contributed by atoms with Crippen LogP contribution in [0.3, 0.4) is 0 Å². The Morgan fingerprint density at radius 3 is 3.00 bits per heavy atom. The van der Waals surface area contributed by atoms with E-state index in [4.69, 9.17) is 0 Å². The quantitative estimate of drug-likeness (QED) is 0.863. The van der Waals surface area contributed by atoms with Crippen molar-refractivity contribution < 1.29 is 9.59 Å². The molecule has 2 amide bonds. The Labute approximate surface area is 115 Å². The number of hydrogen-bond acceptors (Lipinski definition) is 3. The molecule has 4 nitrogen and oxygen atoms in total. The van der Waals surface area contributed by atoms with Gasteiger partial charge in [-0.2, -0.15) is 0 Å². The summed E-state index contributed by atoms with van der Waals surface area (Å²) in [7, 11) is 0. The van der Waals surface area contributed by atoms with Crippen LogP contribution >= 0.6 is 11.3 Å². The highest BCUT2D eigenvalue weighted by Crippen LogP contribution is 2.26. The molecule has 0 unspecified atom stereocenters. The SMILES string of the molecule is C[C@@H]1CN(C(=O)c2csc3ccccc23)CC(=O)N1. The zero-order valence-corrected chi connectivity index (χ0v) is 11.4. The van der Waals surface area contributed by atoms with Crippen LogP contribution in [0, 0.1) is 0 Å². The lowest BCUT2D eigenvalue weighted by molar-refractivity contribution is -0.124. The number of thiophene rings is 1. The third-order valence-corrected chi connectivity index (χ3v) is 4.20. The Morgan fingerprint density at radius 2 is 2.21 bits per heavy atom. The van der Waals surface area contributed by atoms with Crippen LogP contribution in [0.2, 0.25) is 0 Å². The van der Waals surface area contributed by atoms with Gasteiger partial charge in [-0.1, -0.05) is 18.2 Å². The van der Waals surface area contributed by atoms with Crippen LogP contribution in [0.5, 0.6) is 0 Å². The first-order valence-corrected chi connectivity index (χ1v) is 7.08. The van der Waals surface area contributed by atoms with Gasteiger partial charge in [-0.15, -0.1) is 11.3 Å². The molecule has 0 bridgehead atoms. The van der Waals surface area contributed by atoms with Crippen LogP contribution in [0.15, 0.2) is 29.6 Å². The maximum Gasteiger partial charge on any atom is 0.255 e. The number of nitrogens with one attached hydrogen (secondary N) is 1. The Morgan fingerprint density at radius 1 is 1.42 bits per heavy atom. The highest BCUT2D eigenvalue weighted by atomic mass is 32.1. The second-order valence-electron chi connectivity index (χ2n) is 4.80. The van der Waals surface area contributed by atoms with E-state index in [1.54, 1.807) is 16.2 Å². The maximum atomic E-state index is 12.5. The number of hydrogen-bond donors (Lipinski definition) is 1. The molecule has 5 heteroatoms. The molecular formula is C14H14N2O2S. The van der Waals surface area contributed by atoms with Crippen LogP contribution < -0.4 is 5.32 Å². The van der Waals surface area contributed by atoms with Crippen molar-refractivity contribution in [1.82, 2.24) is 10.2 Å². The molecule has 1 fully saturated rings. The van der Waals surface area contributed by atoms with Crippen molar-refractivity contribution in [3.63, 3.8) is 0 Å². The van der Waals surface area contributed by atoms with Gasteiger partial charge in [0.1, 0.15) is 0 Å². The standard InChI is InChI=1S/C14H14N2O2S/c1-9-6-16(7-13(17)15-9)14(18)11-8-19-12-5-3-2-4-10(11)12/h2-5,8-9H,6-7H2,1H3,(H,15,17)/t9-/m1/s1. The molecule has 2 aromatic rings. The summed E-state index contributed by atoms with van der Waals surface area (Å²) in [6, 6.07) is 7.85. The van der Waals surface area contributed by atoms with Gasteiger partial charge in [-0.25, -0.2) is 0 Å². The van der Waals surface area contributed by atoms with Crippen molar-refractivity contribution in [2.75, 3.05) is 13.1 Å². The molecule has 1 N–H and O–H groups in total. The number of rotatable bonds is 1. The van der Waals surface area contributed by atoms with Crippen LogP contribution in [-0.2, 0) is 4.79 Å². The van der Waals surface area contributed by atoms with E-state index in [2.05, 4.69) is 5.32 Å². The fraction of sp³-hybridized carbons (Fsp3) is 0.286. The Bertz CT molecular complexity index is 650. The van der Waals surface area contributed by atoms with Crippen molar-refractivity contribution in [3.8, 4) is 0 Å². The first-order chi connectivity index (χ1) is 9.15. The van der Waals surface area contributed by atoms with Crippen molar-refractivity contribution in [1.29, 1.82) is 0 Å². The van der Waals surface area contributed by atoms with Gasteiger partial charge in [0.25, 0.3) is 5.91 Å². The lowest BCUT2D eigenvalue weighted by atomic mass is 10.1. The molecule has 0 spiro atoms. The van der Waals surface area contributed by atoms with Crippen LogP contribution in [0.4, 0.5) is 0 Å². The number of carbonyl (C=O) groups is 2. The van der Waals surface area contributed by atoms with Crippen molar-refractivity contribution >= 4 is 33.2 Å². The average Bonchev–Trinajstić information content (AvgIpc) is 2.80. The molecule has 19 heavy (non-hydrogen) atoms. The molecule has 98 valence electrons. The monoisotopic (exact) mass is 274 g/mol. The molecule has 1 atom stereocenters. The van der Waals surface area contributed by atoms with Gasteiger partial charge >= 0.3 is 0 Å². The number of amides is 2. The van der Waals surface area contributed by atoms with Gasteiger partial charge in [0.05, 0.1) is 12.1 Å². The zero-order chi connectivity index (χ0) is 13.4. The van der Waals surface area contributed by atoms with Crippen LogP contribution in [-0.4, -0.2) is 35.8 Å². The zero-order valence-electron chi connectivity index (χ0n) is 10.6. The lowest BCUT2D eigenvalue weighted by Crippen LogP contribution is -2.54. The summed E-state index contributed by atoms with van der Waals surface area (Å²) < 4.78 is 1.10. The summed E-state index contributed by atoms with van der Waals surface area (Å²) in [5.74, 6) is -0.147. The minimum absolute atomic E-state index is 0.00935. The number of benzene rings is 1. The largest absolute Gasteiger partial charge is 0.350 e. The number of carbonyl (C=O) groups excluding carboxylic acids is 2. The highest BCUT2D eigenvalue weighted by molar-refractivity contribution is 7.17. The maximum absolute atomic E-state index is 12.5. The number of fused-ring (bicyclic) bond motifs is 1.